The highest BCUT2D eigenvalue weighted by molar-refractivity contribution is 6.02. The van der Waals surface area contributed by atoms with Crippen LogP contribution in [0.2, 0.25) is 0 Å². The molecule has 0 bridgehead atoms. The van der Waals surface area contributed by atoms with Crippen LogP contribution in [0.4, 0.5) is 0 Å². The van der Waals surface area contributed by atoms with Gasteiger partial charge in [0.25, 0.3) is 5.91 Å². The Morgan fingerprint density at radius 3 is 2.50 bits per heavy atom. The molecule has 0 saturated heterocycles. The van der Waals surface area contributed by atoms with E-state index >= 15 is 0 Å². The fraction of sp³-hybridized carbons (Fsp3) is 0.474. The van der Waals surface area contributed by atoms with Gasteiger partial charge < -0.3 is 10.1 Å². The van der Waals surface area contributed by atoms with Gasteiger partial charge in [-0.25, -0.2) is 5.01 Å². The molecule has 0 fully saturated rings. The second kappa shape index (κ2) is 8.60. The van der Waals surface area contributed by atoms with Crippen molar-refractivity contribution in [1.29, 1.82) is 0 Å². The molecule has 1 aromatic carbocycles. The van der Waals surface area contributed by atoms with E-state index in [0.29, 0.717) is 13.0 Å². The Labute approximate surface area is 153 Å². The number of carbonyl (C=O) groups excluding carboxylic acids is 3. The summed E-state index contributed by atoms with van der Waals surface area (Å²) >= 11 is 0. The standard InChI is InChI=1S/C19H25N3O4/c1-19(2,3)20-16(23)13-26-18(25)10-9-17(24)22-12-11-15(21-22)14-7-5-4-6-8-14/h4-8H,9-13H2,1-3H3,(H,20,23). The third kappa shape index (κ3) is 6.31. The normalized spacial score (nSPS) is 14.0. The van der Waals surface area contributed by atoms with Gasteiger partial charge in [-0.15, -0.1) is 0 Å². The Hall–Kier alpha value is -2.70. The molecule has 0 unspecified atom stereocenters. The number of hydrogen-bond acceptors (Lipinski definition) is 5. The SMILES string of the molecule is CC(C)(C)NC(=O)COC(=O)CCC(=O)N1CCC(c2ccccc2)=N1. The van der Waals surface area contributed by atoms with Crippen molar-refractivity contribution in [3.8, 4) is 0 Å². The Morgan fingerprint density at radius 1 is 1.15 bits per heavy atom. The van der Waals surface area contributed by atoms with Gasteiger partial charge in [0.15, 0.2) is 6.61 Å². The summed E-state index contributed by atoms with van der Waals surface area (Å²) in [5, 5.41) is 8.42. The van der Waals surface area contributed by atoms with Crippen LogP contribution in [0, 0.1) is 0 Å². The van der Waals surface area contributed by atoms with Crippen LogP contribution < -0.4 is 5.32 Å². The highest BCUT2D eigenvalue weighted by Crippen LogP contribution is 2.15. The summed E-state index contributed by atoms with van der Waals surface area (Å²) < 4.78 is 4.90. The summed E-state index contributed by atoms with van der Waals surface area (Å²) in [7, 11) is 0. The van der Waals surface area contributed by atoms with E-state index in [2.05, 4.69) is 10.4 Å². The molecule has 26 heavy (non-hydrogen) atoms. The number of hydrazone groups is 1. The maximum Gasteiger partial charge on any atom is 0.306 e. The highest BCUT2D eigenvalue weighted by atomic mass is 16.5. The molecule has 1 aliphatic rings. The van der Waals surface area contributed by atoms with Gasteiger partial charge in [-0.05, 0) is 26.3 Å². The van der Waals surface area contributed by atoms with Crippen LogP contribution >= 0.6 is 0 Å². The molecule has 0 saturated carbocycles. The van der Waals surface area contributed by atoms with Crippen molar-refractivity contribution >= 4 is 23.5 Å². The number of nitrogens with one attached hydrogen (secondary N) is 1. The molecular formula is C19H25N3O4. The van der Waals surface area contributed by atoms with Crippen molar-refractivity contribution in [1.82, 2.24) is 10.3 Å². The Balaban J connectivity index is 1.74. The van der Waals surface area contributed by atoms with E-state index in [1.807, 2.05) is 51.1 Å². The smallest absolute Gasteiger partial charge is 0.306 e. The summed E-state index contributed by atoms with van der Waals surface area (Å²) in [6.07, 6.45) is 0.618. The van der Waals surface area contributed by atoms with Crippen molar-refractivity contribution < 1.29 is 19.1 Å². The molecule has 0 aromatic heterocycles. The van der Waals surface area contributed by atoms with Gasteiger partial charge in [0.05, 0.1) is 18.7 Å². The number of nitrogens with zero attached hydrogens (tertiary/aromatic N) is 2. The second-order valence-corrected chi connectivity index (χ2v) is 7.14. The summed E-state index contributed by atoms with van der Waals surface area (Å²) in [4.78, 5) is 35.5. The van der Waals surface area contributed by atoms with Crippen LogP contribution in [0.15, 0.2) is 35.4 Å². The molecule has 1 aromatic rings. The van der Waals surface area contributed by atoms with Gasteiger partial charge in [-0.2, -0.15) is 5.10 Å². The zero-order valence-electron chi connectivity index (χ0n) is 15.4. The molecule has 140 valence electrons. The van der Waals surface area contributed by atoms with Crippen LogP contribution in [-0.4, -0.2) is 47.2 Å². The highest BCUT2D eigenvalue weighted by Gasteiger charge is 2.22. The number of hydrogen-bond donors (Lipinski definition) is 1. The molecule has 2 rings (SSSR count). The predicted molar refractivity (Wildman–Crippen MR) is 97.4 cm³/mol. The average Bonchev–Trinajstić information content (AvgIpc) is 3.07. The van der Waals surface area contributed by atoms with Crippen molar-refractivity contribution in [3.05, 3.63) is 35.9 Å². The van der Waals surface area contributed by atoms with Crippen LogP contribution in [0.3, 0.4) is 0 Å². The lowest BCUT2D eigenvalue weighted by Crippen LogP contribution is -2.42. The number of ether oxygens (including phenoxy) is 1. The molecule has 0 aliphatic carbocycles. The zero-order valence-corrected chi connectivity index (χ0v) is 15.4. The first-order valence-electron chi connectivity index (χ1n) is 8.64. The molecule has 1 N–H and O–H groups in total. The molecule has 7 heteroatoms. The van der Waals surface area contributed by atoms with Gasteiger partial charge >= 0.3 is 5.97 Å². The van der Waals surface area contributed by atoms with Gasteiger partial charge in [0.1, 0.15) is 0 Å². The quantitative estimate of drug-likeness (QED) is 0.785. The van der Waals surface area contributed by atoms with Gasteiger partial charge in [-0.3, -0.25) is 14.4 Å². The molecule has 0 radical (unpaired) electrons. The molecular weight excluding hydrogens is 334 g/mol. The minimum Gasteiger partial charge on any atom is -0.456 e. The van der Waals surface area contributed by atoms with Crippen LogP contribution in [0.5, 0.6) is 0 Å². The predicted octanol–water partition coefficient (Wildman–Crippen LogP) is 1.86. The van der Waals surface area contributed by atoms with E-state index in [9.17, 15) is 14.4 Å². The topological polar surface area (TPSA) is 88.1 Å². The number of esters is 1. The van der Waals surface area contributed by atoms with Crippen molar-refractivity contribution in [2.75, 3.05) is 13.2 Å². The minimum atomic E-state index is -0.575. The monoisotopic (exact) mass is 359 g/mol. The van der Waals surface area contributed by atoms with E-state index < -0.39 is 5.97 Å². The fourth-order valence-corrected chi connectivity index (χ4v) is 2.48. The van der Waals surface area contributed by atoms with Crippen LogP contribution in [0.1, 0.15) is 45.6 Å². The van der Waals surface area contributed by atoms with Crippen molar-refractivity contribution in [3.63, 3.8) is 0 Å². The van der Waals surface area contributed by atoms with E-state index in [1.54, 1.807) is 0 Å². The zero-order chi connectivity index (χ0) is 19.2. The molecule has 0 spiro atoms. The maximum absolute atomic E-state index is 12.2. The molecule has 1 heterocycles. The van der Waals surface area contributed by atoms with Gasteiger partial charge in [-0.1, -0.05) is 30.3 Å². The van der Waals surface area contributed by atoms with Gasteiger partial charge in [0, 0.05) is 18.4 Å². The minimum absolute atomic E-state index is 0.00525. The average molecular weight is 359 g/mol. The first kappa shape index (κ1) is 19.6. The lowest BCUT2D eigenvalue weighted by Gasteiger charge is -2.20. The Kier molecular flexibility index (Phi) is 6.49. The lowest BCUT2D eigenvalue weighted by atomic mass is 10.1. The van der Waals surface area contributed by atoms with Crippen molar-refractivity contribution in [2.45, 2.75) is 45.6 Å². The van der Waals surface area contributed by atoms with Crippen molar-refractivity contribution in [2.24, 2.45) is 5.10 Å². The molecule has 0 atom stereocenters. The van der Waals surface area contributed by atoms with Gasteiger partial charge in [0.2, 0.25) is 5.91 Å². The molecule has 1 aliphatic heterocycles. The summed E-state index contributed by atoms with van der Waals surface area (Å²) in [5.41, 5.74) is 1.47. The lowest BCUT2D eigenvalue weighted by molar-refractivity contribution is -0.150. The Bertz CT molecular complexity index is 692. The van der Waals surface area contributed by atoms with Crippen LogP contribution in [-0.2, 0) is 19.1 Å². The van der Waals surface area contributed by atoms with E-state index in [4.69, 9.17) is 4.74 Å². The van der Waals surface area contributed by atoms with E-state index in [-0.39, 0.29) is 36.8 Å². The number of amides is 2. The number of rotatable bonds is 6. The molecule has 7 nitrogen and oxygen atoms in total. The third-order valence-corrected chi connectivity index (χ3v) is 3.62. The largest absolute Gasteiger partial charge is 0.456 e. The number of benzene rings is 1. The maximum atomic E-state index is 12.2. The van der Waals surface area contributed by atoms with E-state index in [1.165, 1.54) is 5.01 Å². The number of carbonyl (C=O) groups is 3. The third-order valence-electron chi connectivity index (χ3n) is 3.62. The van der Waals surface area contributed by atoms with E-state index in [0.717, 1.165) is 11.3 Å². The Morgan fingerprint density at radius 2 is 1.85 bits per heavy atom. The molecule has 2 amide bonds. The summed E-state index contributed by atoms with van der Waals surface area (Å²) in [6.45, 7) is 5.68. The first-order valence-corrected chi connectivity index (χ1v) is 8.64. The first-order chi connectivity index (χ1) is 12.2. The summed E-state index contributed by atoms with van der Waals surface area (Å²) in [6, 6.07) is 9.68. The van der Waals surface area contributed by atoms with Crippen LogP contribution in [0.25, 0.3) is 0 Å². The summed E-state index contributed by atoms with van der Waals surface area (Å²) in [5.74, 6) is -1.17. The second-order valence-electron chi connectivity index (χ2n) is 7.14. The fourth-order valence-electron chi connectivity index (χ4n) is 2.48.